The second kappa shape index (κ2) is 11.4. The van der Waals surface area contributed by atoms with E-state index < -0.39 is 23.3 Å². The number of aromatic nitrogens is 1. The molecule has 0 radical (unpaired) electrons. The number of carboxylic acid groups (broad SMARTS) is 1. The van der Waals surface area contributed by atoms with Crippen LogP contribution >= 0.6 is 0 Å². The lowest BCUT2D eigenvalue weighted by Gasteiger charge is -2.40. The van der Waals surface area contributed by atoms with Crippen LogP contribution in [0.25, 0.3) is 11.1 Å². The average Bonchev–Trinajstić information content (AvgIpc) is 2.88. The van der Waals surface area contributed by atoms with Crippen LogP contribution < -0.4 is 9.04 Å². The molecule has 1 aliphatic rings. The van der Waals surface area contributed by atoms with Crippen molar-refractivity contribution in [2.24, 2.45) is 5.92 Å². The van der Waals surface area contributed by atoms with Crippen LogP contribution in [-0.2, 0) is 22.6 Å². The quantitative estimate of drug-likeness (QED) is 0.452. The zero-order chi connectivity index (χ0) is 24.8. The summed E-state index contributed by atoms with van der Waals surface area (Å²) in [6.07, 6.45) is 4.74. The minimum Gasteiger partial charge on any atom is -0.755 e. The fraction of sp³-hybridized carbons (Fsp3) is 0.308. The van der Waals surface area contributed by atoms with Crippen molar-refractivity contribution in [3.8, 4) is 16.9 Å². The zero-order valence-electron chi connectivity index (χ0n) is 19.4. The van der Waals surface area contributed by atoms with E-state index in [1.165, 1.54) is 0 Å². The molecule has 35 heavy (non-hydrogen) atoms. The van der Waals surface area contributed by atoms with Crippen LogP contribution in [0.4, 0.5) is 5.69 Å². The molecule has 0 amide bonds. The maximum atomic E-state index is 12.3. The molecule has 2 heterocycles. The fourth-order valence-corrected chi connectivity index (χ4v) is 5.34. The van der Waals surface area contributed by atoms with E-state index in [1.54, 1.807) is 37.6 Å². The number of benzene rings is 2. The first-order valence-corrected chi connectivity index (χ1v) is 12.5. The van der Waals surface area contributed by atoms with Gasteiger partial charge in [-0.15, -0.1) is 0 Å². The van der Waals surface area contributed by atoms with Crippen LogP contribution in [-0.4, -0.2) is 56.0 Å². The summed E-state index contributed by atoms with van der Waals surface area (Å²) in [6, 6.07) is 17.2. The smallest absolute Gasteiger partial charge is 0.327 e. The Hall–Kier alpha value is -3.27. The third-order valence-corrected chi connectivity index (χ3v) is 7.18. The van der Waals surface area contributed by atoms with E-state index in [9.17, 15) is 18.7 Å². The summed E-state index contributed by atoms with van der Waals surface area (Å²) in [7, 11) is 1.60. The van der Waals surface area contributed by atoms with Crippen LogP contribution in [0.15, 0.2) is 73.1 Å². The number of methoxy groups -OCH3 is 1. The second-order valence-electron chi connectivity index (χ2n) is 8.58. The monoisotopic (exact) mass is 494 g/mol. The van der Waals surface area contributed by atoms with Crippen molar-refractivity contribution >= 4 is 22.9 Å². The van der Waals surface area contributed by atoms with Crippen molar-refractivity contribution in [1.82, 2.24) is 9.88 Å². The number of carboxylic acids is 1. The molecule has 1 fully saturated rings. The van der Waals surface area contributed by atoms with E-state index in [0.29, 0.717) is 31.6 Å². The molecule has 2 aromatic carbocycles. The number of carbonyl (C=O) groups is 1. The highest BCUT2D eigenvalue weighted by molar-refractivity contribution is 7.80. The Morgan fingerprint density at radius 2 is 1.77 bits per heavy atom. The number of anilines is 1. The van der Waals surface area contributed by atoms with E-state index in [2.05, 4.69) is 9.88 Å². The van der Waals surface area contributed by atoms with E-state index in [1.807, 2.05) is 42.6 Å². The minimum atomic E-state index is -2.74. The van der Waals surface area contributed by atoms with Crippen molar-refractivity contribution in [2.75, 3.05) is 24.5 Å². The molecule has 1 aromatic heterocycles. The first-order chi connectivity index (χ1) is 17.0. The van der Waals surface area contributed by atoms with Gasteiger partial charge in [-0.3, -0.25) is 18.4 Å². The van der Waals surface area contributed by atoms with Crippen molar-refractivity contribution in [3.63, 3.8) is 0 Å². The molecule has 1 aliphatic heterocycles. The van der Waals surface area contributed by atoms with Gasteiger partial charge in [-0.05, 0) is 78.9 Å². The number of ether oxygens (including phenoxy) is 1. The molecule has 2 unspecified atom stereocenters. The SMILES string of the molecule is COc1ccc(-c2ccc(N(C(C(=O)O)C3CCN(Cc4cccnc4)CC3)S(=O)[O-])cc2)cc1. The molecular weight excluding hydrogens is 466 g/mol. The second-order valence-corrected chi connectivity index (χ2v) is 9.40. The molecule has 9 heteroatoms. The van der Waals surface area contributed by atoms with Gasteiger partial charge < -0.3 is 14.4 Å². The molecule has 1 N–H and O–H groups in total. The van der Waals surface area contributed by atoms with E-state index >= 15 is 0 Å². The van der Waals surface area contributed by atoms with Crippen LogP contribution in [0.2, 0.25) is 0 Å². The lowest BCUT2D eigenvalue weighted by molar-refractivity contribution is -0.140. The average molecular weight is 495 g/mol. The maximum Gasteiger partial charge on any atom is 0.327 e. The third kappa shape index (κ3) is 6.05. The Kier molecular flexibility index (Phi) is 8.12. The Morgan fingerprint density at radius 3 is 2.29 bits per heavy atom. The summed E-state index contributed by atoms with van der Waals surface area (Å²) in [6.45, 7) is 2.13. The highest BCUT2D eigenvalue weighted by atomic mass is 32.2. The van der Waals surface area contributed by atoms with Crippen molar-refractivity contribution in [1.29, 1.82) is 0 Å². The first-order valence-electron chi connectivity index (χ1n) is 11.4. The Labute approximate surface area is 207 Å². The van der Waals surface area contributed by atoms with Gasteiger partial charge in [0, 0.05) is 35.9 Å². The van der Waals surface area contributed by atoms with Crippen molar-refractivity contribution < 1.29 is 23.4 Å². The molecule has 8 nitrogen and oxygen atoms in total. The van der Waals surface area contributed by atoms with Gasteiger partial charge in [0.15, 0.2) is 0 Å². The molecule has 4 rings (SSSR count). The number of piperidine rings is 1. The van der Waals surface area contributed by atoms with Gasteiger partial charge in [0.05, 0.1) is 7.11 Å². The number of nitrogens with zero attached hydrogens (tertiary/aromatic N) is 3. The van der Waals surface area contributed by atoms with Gasteiger partial charge in [0.25, 0.3) is 0 Å². The normalized spacial score (nSPS) is 16.4. The van der Waals surface area contributed by atoms with Gasteiger partial charge in [-0.1, -0.05) is 30.3 Å². The molecule has 0 spiro atoms. The lowest BCUT2D eigenvalue weighted by Crippen LogP contribution is -2.50. The van der Waals surface area contributed by atoms with Crippen molar-refractivity contribution in [3.05, 3.63) is 78.6 Å². The molecular formula is C26H28N3O5S-. The summed E-state index contributed by atoms with van der Waals surface area (Å²) < 4.78 is 30.7. The largest absolute Gasteiger partial charge is 0.755 e. The summed E-state index contributed by atoms with van der Waals surface area (Å²) in [5.41, 5.74) is 3.27. The fourth-order valence-electron chi connectivity index (χ4n) is 4.59. The first kappa shape index (κ1) is 24.8. The minimum absolute atomic E-state index is 0.295. The number of rotatable bonds is 9. The zero-order valence-corrected chi connectivity index (χ0v) is 20.3. The number of likely N-dealkylation sites (tertiary alicyclic amines) is 1. The van der Waals surface area contributed by atoms with E-state index in [4.69, 9.17) is 4.74 Å². The Morgan fingerprint density at radius 1 is 1.14 bits per heavy atom. The topological polar surface area (TPSA) is 106 Å². The number of hydrogen-bond donors (Lipinski definition) is 1. The number of hydrogen-bond acceptors (Lipinski definition) is 6. The molecule has 1 saturated heterocycles. The Balaban J connectivity index is 1.49. The number of pyridine rings is 1. The highest BCUT2D eigenvalue weighted by Gasteiger charge is 2.37. The summed E-state index contributed by atoms with van der Waals surface area (Å²) >= 11 is -2.74. The molecule has 2 atom stereocenters. The Bertz CT molecular complexity index is 1130. The van der Waals surface area contributed by atoms with Crippen LogP contribution in [0.5, 0.6) is 5.75 Å². The predicted octanol–water partition coefficient (Wildman–Crippen LogP) is 3.72. The summed E-state index contributed by atoms with van der Waals surface area (Å²) in [5.74, 6) is -0.690. The van der Waals surface area contributed by atoms with Crippen molar-refractivity contribution in [2.45, 2.75) is 25.4 Å². The van der Waals surface area contributed by atoms with Gasteiger partial charge in [-0.2, -0.15) is 0 Å². The van der Waals surface area contributed by atoms with E-state index in [0.717, 1.165) is 33.3 Å². The van der Waals surface area contributed by atoms with Crippen LogP contribution in [0.3, 0.4) is 0 Å². The molecule has 0 bridgehead atoms. The molecule has 0 saturated carbocycles. The maximum absolute atomic E-state index is 12.3. The lowest BCUT2D eigenvalue weighted by atomic mass is 9.89. The van der Waals surface area contributed by atoms with Gasteiger partial charge in [0.1, 0.15) is 11.8 Å². The third-order valence-electron chi connectivity index (χ3n) is 6.42. The van der Waals surface area contributed by atoms with Crippen LogP contribution in [0.1, 0.15) is 18.4 Å². The van der Waals surface area contributed by atoms with Gasteiger partial charge in [0.2, 0.25) is 0 Å². The van der Waals surface area contributed by atoms with Gasteiger partial charge in [-0.25, -0.2) is 4.79 Å². The molecule has 3 aromatic rings. The highest BCUT2D eigenvalue weighted by Crippen LogP contribution is 2.31. The standard InChI is InChI=1S/C26H29N3O5S/c1-34-24-10-6-21(7-11-24)20-4-8-23(9-5-20)29(35(32)33)25(26(30)31)22-12-15-28(16-13-22)18-19-3-2-14-27-17-19/h2-11,14,17,22,25H,12-13,15-16,18H2,1H3,(H,30,31)(H,32,33)/p-1. The molecule has 0 aliphatic carbocycles. The van der Waals surface area contributed by atoms with E-state index in [-0.39, 0.29) is 5.92 Å². The summed E-state index contributed by atoms with van der Waals surface area (Å²) in [5, 5.41) is 10.0. The van der Waals surface area contributed by atoms with Gasteiger partial charge >= 0.3 is 5.97 Å². The van der Waals surface area contributed by atoms with Crippen LogP contribution in [0, 0.1) is 5.92 Å². The molecule has 184 valence electrons. The number of aliphatic carboxylic acids is 1. The summed E-state index contributed by atoms with van der Waals surface area (Å²) in [4.78, 5) is 18.7. The predicted molar refractivity (Wildman–Crippen MR) is 133 cm³/mol.